The molecular weight excluding hydrogens is 252 g/mol. The molecule has 0 spiro atoms. The van der Waals surface area contributed by atoms with E-state index in [0.29, 0.717) is 0 Å². The fourth-order valence-corrected chi connectivity index (χ4v) is 2.92. The normalized spacial score (nSPS) is 13.5. The largest absolute Gasteiger partial charge is 0.272 e. The molecule has 1 aliphatic carbocycles. The molecule has 3 rings (SSSR count). The molecule has 0 saturated carbocycles. The lowest BCUT2D eigenvalue weighted by Gasteiger charge is -2.18. The second-order valence-corrected chi connectivity index (χ2v) is 4.76. The first-order valence-electron chi connectivity index (χ1n) is 5.06. The van der Waals surface area contributed by atoms with Crippen LogP contribution in [0.5, 0.6) is 0 Å². The van der Waals surface area contributed by atoms with Crippen molar-refractivity contribution < 1.29 is 0 Å². The number of aromatic nitrogens is 2. The lowest BCUT2D eigenvalue weighted by atomic mass is 9.90. The van der Waals surface area contributed by atoms with E-state index in [2.05, 4.69) is 39.2 Å². The van der Waals surface area contributed by atoms with Crippen molar-refractivity contribution in [3.8, 4) is 11.1 Å². The highest BCUT2D eigenvalue weighted by atomic mass is 79.9. The maximum Gasteiger partial charge on any atom is 0.0571 e. The van der Waals surface area contributed by atoms with Crippen LogP contribution < -0.4 is 0 Å². The van der Waals surface area contributed by atoms with Crippen LogP contribution in [0, 0.1) is 0 Å². The molecule has 3 heteroatoms. The maximum absolute atomic E-state index is 4.33. The first-order chi connectivity index (χ1) is 7.27. The number of hydrogen-bond donors (Lipinski definition) is 0. The van der Waals surface area contributed by atoms with Gasteiger partial charge in [0, 0.05) is 28.3 Å². The van der Waals surface area contributed by atoms with Gasteiger partial charge < -0.3 is 0 Å². The highest BCUT2D eigenvalue weighted by Crippen LogP contribution is 2.37. The topological polar surface area (TPSA) is 17.8 Å². The third-order valence-electron chi connectivity index (χ3n) is 3.06. The molecule has 0 radical (unpaired) electrons. The molecule has 2 nitrogen and oxygen atoms in total. The number of hydrogen-bond acceptors (Lipinski definition) is 1. The van der Waals surface area contributed by atoms with Gasteiger partial charge in [0.2, 0.25) is 0 Å². The van der Waals surface area contributed by atoms with Gasteiger partial charge in [-0.2, -0.15) is 5.10 Å². The van der Waals surface area contributed by atoms with E-state index in [1.165, 1.54) is 26.9 Å². The van der Waals surface area contributed by atoms with Gasteiger partial charge in [-0.25, -0.2) is 0 Å². The maximum atomic E-state index is 4.33. The van der Waals surface area contributed by atoms with Crippen molar-refractivity contribution in [1.82, 2.24) is 9.78 Å². The summed E-state index contributed by atoms with van der Waals surface area (Å²) in [4.78, 5) is 0. The lowest BCUT2D eigenvalue weighted by molar-refractivity contribution is 0.700. The molecule has 76 valence electrons. The van der Waals surface area contributed by atoms with Crippen LogP contribution in [-0.4, -0.2) is 9.78 Å². The molecule has 0 saturated heterocycles. The molecular formula is C12H11BrN2. The zero-order valence-corrected chi connectivity index (χ0v) is 10.1. The van der Waals surface area contributed by atoms with Gasteiger partial charge in [-0.3, -0.25) is 4.68 Å². The number of aryl methyl sites for hydroxylation is 2. The molecule has 1 aromatic carbocycles. The molecule has 15 heavy (non-hydrogen) atoms. The van der Waals surface area contributed by atoms with Crippen molar-refractivity contribution in [1.29, 1.82) is 0 Å². The van der Waals surface area contributed by atoms with Crippen LogP contribution in [0.2, 0.25) is 0 Å². The molecule has 1 aromatic heterocycles. The Morgan fingerprint density at radius 3 is 3.07 bits per heavy atom. The summed E-state index contributed by atoms with van der Waals surface area (Å²) in [5, 5.41) is 4.33. The van der Waals surface area contributed by atoms with E-state index in [1.807, 2.05) is 17.9 Å². The van der Waals surface area contributed by atoms with Crippen molar-refractivity contribution in [2.75, 3.05) is 0 Å². The summed E-state index contributed by atoms with van der Waals surface area (Å²) in [6.07, 6.45) is 4.18. The summed E-state index contributed by atoms with van der Waals surface area (Å²) in [6.45, 7) is 0. The van der Waals surface area contributed by atoms with Gasteiger partial charge in [0.1, 0.15) is 0 Å². The van der Waals surface area contributed by atoms with Crippen molar-refractivity contribution in [3.05, 3.63) is 40.1 Å². The molecule has 1 aliphatic rings. The molecule has 0 fully saturated rings. The average Bonchev–Trinajstić information content (AvgIpc) is 2.61. The lowest BCUT2D eigenvalue weighted by Crippen LogP contribution is -2.07. The smallest absolute Gasteiger partial charge is 0.0571 e. The van der Waals surface area contributed by atoms with E-state index in [9.17, 15) is 0 Å². The average molecular weight is 263 g/mol. The van der Waals surface area contributed by atoms with E-state index in [0.717, 1.165) is 12.8 Å². The van der Waals surface area contributed by atoms with E-state index in [1.54, 1.807) is 0 Å². The van der Waals surface area contributed by atoms with Gasteiger partial charge in [0.25, 0.3) is 0 Å². The van der Waals surface area contributed by atoms with Crippen LogP contribution in [-0.2, 0) is 19.9 Å². The summed E-state index contributed by atoms with van der Waals surface area (Å²) in [7, 11) is 2.01. The number of halogens is 1. The van der Waals surface area contributed by atoms with E-state index >= 15 is 0 Å². The quantitative estimate of drug-likeness (QED) is 0.714. The van der Waals surface area contributed by atoms with Gasteiger partial charge in [-0.1, -0.05) is 28.1 Å². The Morgan fingerprint density at radius 2 is 2.20 bits per heavy atom. The second-order valence-electron chi connectivity index (χ2n) is 3.90. The summed E-state index contributed by atoms with van der Waals surface area (Å²) in [5.41, 5.74) is 5.37. The van der Waals surface area contributed by atoms with Crippen LogP contribution >= 0.6 is 15.9 Å². The molecule has 0 aliphatic heterocycles. The SMILES string of the molecule is Cn1ncc2c1CCc1cccc(Br)c1-2. The zero-order chi connectivity index (χ0) is 10.4. The first kappa shape index (κ1) is 9.16. The Bertz CT molecular complexity index is 528. The van der Waals surface area contributed by atoms with Gasteiger partial charge in [-0.15, -0.1) is 0 Å². The van der Waals surface area contributed by atoms with Gasteiger partial charge in [-0.05, 0) is 24.5 Å². The van der Waals surface area contributed by atoms with E-state index < -0.39 is 0 Å². The van der Waals surface area contributed by atoms with Gasteiger partial charge >= 0.3 is 0 Å². The third kappa shape index (κ3) is 1.26. The van der Waals surface area contributed by atoms with Crippen LogP contribution in [0.25, 0.3) is 11.1 Å². The Hall–Kier alpha value is -1.09. The third-order valence-corrected chi connectivity index (χ3v) is 3.72. The molecule has 0 atom stereocenters. The predicted molar refractivity (Wildman–Crippen MR) is 63.8 cm³/mol. The first-order valence-corrected chi connectivity index (χ1v) is 5.85. The standard InChI is InChI=1S/C12H11BrN2/c1-15-11-6-5-8-3-2-4-10(13)12(8)9(11)7-14-15/h2-4,7H,5-6H2,1H3. The molecule has 0 unspecified atom stereocenters. The van der Waals surface area contributed by atoms with Crippen molar-refractivity contribution in [2.45, 2.75) is 12.8 Å². The van der Waals surface area contributed by atoms with Crippen molar-refractivity contribution >= 4 is 15.9 Å². The van der Waals surface area contributed by atoms with Crippen LogP contribution in [0.3, 0.4) is 0 Å². The Balaban J connectivity index is 2.33. The molecule has 0 bridgehead atoms. The minimum absolute atomic E-state index is 1.09. The monoisotopic (exact) mass is 262 g/mol. The summed E-state index contributed by atoms with van der Waals surface area (Å²) in [6, 6.07) is 6.40. The Labute approximate surface area is 97.1 Å². The molecule has 0 N–H and O–H groups in total. The second kappa shape index (κ2) is 3.20. The number of benzene rings is 1. The van der Waals surface area contributed by atoms with E-state index in [-0.39, 0.29) is 0 Å². The summed E-state index contributed by atoms with van der Waals surface area (Å²) in [5.74, 6) is 0. The fraction of sp³-hybridized carbons (Fsp3) is 0.250. The van der Waals surface area contributed by atoms with Crippen molar-refractivity contribution in [2.24, 2.45) is 7.05 Å². The molecule has 1 heterocycles. The zero-order valence-electron chi connectivity index (χ0n) is 8.50. The number of rotatable bonds is 0. The highest BCUT2D eigenvalue weighted by Gasteiger charge is 2.20. The highest BCUT2D eigenvalue weighted by molar-refractivity contribution is 9.10. The Morgan fingerprint density at radius 1 is 1.33 bits per heavy atom. The Kier molecular flexibility index (Phi) is 1.96. The number of nitrogens with zero attached hydrogens (tertiary/aromatic N) is 2. The van der Waals surface area contributed by atoms with Crippen LogP contribution in [0.15, 0.2) is 28.9 Å². The van der Waals surface area contributed by atoms with E-state index in [4.69, 9.17) is 0 Å². The predicted octanol–water partition coefficient (Wildman–Crippen LogP) is 2.95. The van der Waals surface area contributed by atoms with Gasteiger partial charge in [0.15, 0.2) is 0 Å². The van der Waals surface area contributed by atoms with Gasteiger partial charge in [0.05, 0.1) is 6.20 Å². The molecule has 2 aromatic rings. The van der Waals surface area contributed by atoms with Crippen LogP contribution in [0.1, 0.15) is 11.3 Å². The van der Waals surface area contributed by atoms with Crippen LogP contribution in [0.4, 0.5) is 0 Å². The fourth-order valence-electron chi connectivity index (χ4n) is 2.30. The minimum Gasteiger partial charge on any atom is -0.272 e. The summed E-state index contributed by atoms with van der Waals surface area (Å²) < 4.78 is 3.16. The minimum atomic E-state index is 1.09. The summed E-state index contributed by atoms with van der Waals surface area (Å²) >= 11 is 3.62. The number of fused-ring (bicyclic) bond motifs is 3. The molecule has 0 amide bonds. The van der Waals surface area contributed by atoms with Crippen molar-refractivity contribution in [3.63, 3.8) is 0 Å².